The van der Waals surface area contributed by atoms with E-state index in [-0.39, 0.29) is 17.4 Å². The van der Waals surface area contributed by atoms with Gasteiger partial charge in [-0.2, -0.15) is 5.26 Å². The van der Waals surface area contributed by atoms with Gasteiger partial charge in [-0.1, -0.05) is 63.2 Å². The summed E-state index contributed by atoms with van der Waals surface area (Å²) in [5.74, 6) is 0. The minimum atomic E-state index is -2.02. The second-order valence-electron chi connectivity index (χ2n) is 3.51. The topological polar surface area (TPSA) is 54.5 Å². The lowest BCUT2D eigenvalue weighted by Gasteiger charge is -2.28. The van der Waals surface area contributed by atoms with Gasteiger partial charge in [0.25, 0.3) is 0 Å². The van der Waals surface area contributed by atoms with E-state index in [2.05, 4.69) is 10.3 Å². The SMILES string of the molecule is CC(C)n1nnc(C#N)c1C(Cl)(Cl)C(Cl)(Cl)Cl. The van der Waals surface area contributed by atoms with Crippen molar-refractivity contribution >= 4 is 58.0 Å². The highest BCUT2D eigenvalue weighted by Crippen LogP contribution is 2.53. The fourth-order valence-electron chi connectivity index (χ4n) is 1.16. The van der Waals surface area contributed by atoms with Crippen LogP contribution in [-0.2, 0) is 4.33 Å². The molecule has 9 heteroatoms. The fourth-order valence-corrected chi connectivity index (χ4v) is 1.78. The van der Waals surface area contributed by atoms with Gasteiger partial charge in [-0.15, -0.1) is 5.10 Å². The molecule has 0 fully saturated rings. The molecule has 1 aromatic rings. The van der Waals surface area contributed by atoms with E-state index in [9.17, 15) is 0 Å². The third kappa shape index (κ3) is 2.74. The average Bonchev–Trinajstić information content (AvgIpc) is 2.59. The van der Waals surface area contributed by atoms with Crippen molar-refractivity contribution in [3.63, 3.8) is 0 Å². The largest absolute Gasteiger partial charge is 0.242 e. The van der Waals surface area contributed by atoms with Crippen molar-refractivity contribution in [1.82, 2.24) is 15.0 Å². The lowest BCUT2D eigenvalue weighted by Crippen LogP contribution is -2.32. The molecule has 0 aliphatic heterocycles. The second-order valence-corrected chi connectivity index (χ2v) is 7.12. The number of alkyl halides is 5. The number of hydrogen-bond acceptors (Lipinski definition) is 3. The summed E-state index contributed by atoms with van der Waals surface area (Å²) in [6.45, 7) is 3.61. The molecule has 17 heavy (non-hydrogen) atoms. The Hall–Kier alpha value is 0.0800. The summed E-state index contributed by atoms with van der Waals surface area (Å²) in [5.41, 5.74) is -0.00615. The van der Waals surface area contributed by atoms with Crippen LogP contribution >= 0.6 is 58.0 Å². The van der Waals surface area contributed by atoms with Crippen LogP contribution in [0.5, 0.6) is 0 Å². The quantitative estimate of drug-likeness (QED) is 0.773. The molecule has 1 rings (SSSR count). The molecule has 0 atom stereocenters. The van der Waals surface area contributed by atoms with E-state index >= 15 is 0 Å². The van der Waals surface area contributed by atoms with Crippen LogP contribution in [-0.4, -0.2) is 18.8 Å². The molecular formula is C8H7Cl5N4. The van der Waals surface area contributed by atoms with Gasteiger partial charge in [-0.25, -0.2) is 4.68 Å². The zero-order valence-electron chi connectivity index (χ0n) is 8.76. The Morgan fingerprint density at radius 2 is 1.76 bits per heavy atom. The minimum absolute atomic E-state index is 0.0679. The maximum atomic E-state index is 8.93. The lowest BCUT2D eigenvalue weighted by atomic mass is 10.2. The van der Waals surface area contributed by atoms with Crippen molar-refractivity contribution in [3.8, 4) is 6.07 Å². The van der Waals surface area contributed by atoms with Crippen LogP contribution in [0.1, 0.15) is 31.3 Å². The number of nitrogens with zero attached hydrogens (tertiary/aromatic N) is 4. The minimum Gasteiger partial charge on any atom is -0.242 e. The van der Waals surface area contributed by atoms with Gasteiger partial charge in [0.1, 0.15) is 11.8 Å². The summed E-state index contributed by atoms with van der Waals surface area (Å²) < 4.78 is -2.59. The van der Waals surface area contributed by atoms with Gasteiger partial charge in [0.2, 0.25) is 8.13 Å². The number of halogens is 5. The maximum Gasteiger partial charge on any atom is 0.228 e. The molecule has 94 valence electrons. The Bertz CT molecular complexity index is 453. The van der Waals surface area contributed by atoms with Gasteiger partial charge < -0.3 is 0 Å². The Morgan fingerprint density at radius 1 is 1.24 bits per heavy atom. The normalized spacial score (nSPS) is 12.9. The van der Waals surface area contributed by atoms with E-state index in [0.717, 1.165) is 0 Å². The van der Waals surface area contributed by atoms with E-state index in [1.54, 1.807) is 0 Å². The van der Waals surface area contributed by atoms with E-state index in [0.29, 0.717) is 0 Å². The van der Waals surface area contributed by atoms with Crippen molar-refractivity contribution in [1.29, 1.82) is 5.26 Å². The zero-order chi connectivity index (χ0) is 13.4. The molecule has 1 aromatic heterocycles. The predicted molar refractivity (Wildman–Crippen MR) is 68.8 cm³/mol. The molecule has 0 aromatic carbocycles. The van der Waals surface area contributed by atoms with Gasteiger partial charge in [0.15, 0.2) is 5.69 Å². The first-order valence-corrected chi connectivity index (χ1v) is 6.32. The third-order valence-corrected chi connectivity index (χ3v) is 4.30. The average molecular weight is 336 g/mol. The molecule has 0 radical (unpaired) electrons. The van der Waals surface area contributed by atoms with E-state index in [4.69, 9.17) is 63.3 Å². The van der Waals surface area contributed by atoms with Gasteiger partial charge in [0, 0.05) is 6.04 Å². The molecule has 0 spiro atoms. The van der Waals surface area contributed by atoms with Gasteiger partial charge >= 0.3 is 0 Å². The van der Waals surface area contributed by atoms with Gasteiger partial charge in [-0.3, -0.25) is 0 Å². The van der Waals surface area contributed by atoms with Crippen LogP contribution in [0.2, 0.25) is 0 Å². The standard InChI is InChI=1S/C8H7Cl5N4/c1-4(2)17-6(5(3-14)15-16-17)7(9,10)8(11,12)13/h4H,1-2H3. The van der Waals surface area contributed by atoms with Crippen LogP contribution in [0.4, 0.5) is 0 Å². The molecule has 0 bridgehead atoms. The number of aromatic nitrogens is 3. The first-order valence-electron chi connectivity index (χ1n) is 4.43. The molecule has 0 saturated carbocycles. The Kier molecular flexibility index (Phi) is 4.44. The van der Waals surface area contributed by atoms with Crippen LogP contribution in [0.15, 0.2) is 0 Å². The highest BCUT2D eigenvalue weighted by atomic mass is 35.6. The van der Waals surface area contributed by atoms with Crippen LogP contribution in [0.25, 0.3) is 0 Å². The second kappa shape index (κ2) is 4.99. The van der Waals surface area contributed by atoms with Crippen molar-refractivity contribution in [2.75, 3.05) is 0 Å². The van der Waals surface area contributed by atoms with Crippen molar-refractivity contribution in [3.05, 3.63) is 11.4 Å². The summed E-state index contributed by atoms with van der Waals surface area (Å²) >= 11 is 29.2. The zero-order valence-corrected chi connectivity index (χ0v) is 12.5. The number of hydrogen-bond donors (Lipinski definition) is 0. The molecule has 0 aliphatic carbocycles. The fraction of sp³-hybridized carbons (Fsp3) is 0.625. The smallest absolute Gasteiger partial charge is 0.228 e. The molecule has 1 heterocycles. The van der Waals surface area contributed by atoms with Crippen molar-refractivity contribution in [2.45, 2.75) is 28.0 Å². The molecule has 0 saturated heterocycles. The molecule has 4 nitrogen and oxygen atoms in total. The molecule has 0 amide bonds. The van der Waals surface area contributed by atoms with Gasteiger partial charge in [0.05, 0.1) is 0 Å². The first-order chi connectivity index (χ1) is 7.63. The summed E-state index contributed by atoms with van der Waals surface area (Å²) in [4.78, 5) is 0. The highest BCUT2D eigenvalue weighted by molar-refractivity contribution is 6.75. The molecule has 0 aliphatic rings. The van der Waals surface area contributed by atoms with E-state index < -0.39 is 8.13 Å². The molecular weight excluding hydrogens is 329 g/mol. The molecule has 0 unspecified atom stereocenters. The monoisotopic (exact) mass is 334 g/mol. The summed E-state index contributed by atoms with van der Waals surface area (Å²) in [6, 6.07) is 1.67. The number of rotatable bonds is 2. The number of nitriles is 1. The highest BCUT2D eigenvalue weighted by Gasteiger charge is 2.51. The Balaban J connectivity index is 3.49. The van der Waals surface area contributed by atoms with Crippen molar-refractivity contribution < 1.29 is 0 Å². The van der Waals surface area contributed by atoms with Crippen LogP contribution < -0.4 is 0 Å². The van der Waals surface area contributed by atoms with Crippen LogP contribution in [0, 0.1) is 11.3 Å². The summed E-state index contributed by atoms with van der Waals surface area (Å²) in [5, 5.41) is 16.3. The third-order valence-electron chi connectivity index (χ3n) is 1.94. The Morgan fingerprint density at radius 3 is 2.12 bits per heavy atom. The lowest BCUT2D eigenvalue weighted by molar-refractivity contribution is 0.485. The Labute approximate surface area is 123 Å². The van der Waals surface area contributed by atoms with Crippen LogP contribution in [0.3, 0.4) is 0 Å². The van der Waals surface area contributed by atoms with Crippen molar-refractivity contribution in [2.24, 2.45) is 0 Å². The van der Waals surface area contributed by atoms with Gasteiger partial charge in [-0.05, 0) is 13.8 Å². The molecule has 0 N–H and O–H groups in total. The maximum absolute atomic E-state index is 8.93. The van der Waals surface area contributed by atoms with E-state index in [1.165, 1.54) is 4.68 Å². The summed E-state index contributed by atoms with van der Waals surface area (Å²) in [6.07, 6.45) is 0. The first kappa shape index (κ1) is 15.1. The predicted octanol–water partition coefficient (Wildman–Crippen LogP) is 3.73. The van der Waals surface area contributed by atoms with E-state index in [1.807, 2.05) is 19.9 Å². The summed E-state index contributed by atoms with van der Waals surface area (Å²) in [7, 11) is 0.